The lowest BCUT2D eigenvalue weighted by Gasteiger charge is -2.26. The van der Waals surface area contributed by atoms with Crippen LogP contribution in [0.3, 0.4) is 0 Å². The van der Waals surface area contributed by atoms with Gasteiger partial charge >= 0.3 is 0 Å². The monoisotopic (exact) mass is 530 g/mol. The number of Topliss-reactive ketones (excluding diaryl/α,β-unsaturated/α-hetero) is 1. The number of unbranched alkanes of at least 4 members (excludes halogenated alkanes) is 3. The minimum atomic E-state index is -0.854. The number of amides is 3. The van der Waals surface area contributed by atoms with Crippen LogP contribution in [0.2, 0.25) is 0 Å². The van der Waals surface area contributed by atoms with Gasteiger partial charge in [-0.1, -0.05) is 53.4 Å². The maximum absolute atomic E-state index is 13.4. The molecule has 1 aliphatic heterocycles. The fraction of sp³-hybridized carbons (Fsp3) is 0.690. The number of pyridine rings is 1. The van der Waals surface area contributed by atoms with Gasteiger partial charge in [0.25, 0.3) is 0 Å². The SMILES string of the molecule is CCCCCC(=O)N[C@H](Cc1ccncc1)C(=O)N[C@@H](CCCC)C(=O)N[C@@H](CC(C)C)C(=O)[C@@]1(C)CO1. The minimum Gasteiger partial charge on any atom is -0.361 e. The fourth-order valence-electron chi connectivity index (χ4n) is 4.31. The van der Waals surface area contributed by atoms with E-state index in [1.807, 2.05) is 20.8 Å². The van der Waals surface area contributed by atoms with Crippen molar-refractivity contribution >= 4 is 23.5 Å². The van der Waals surface area contributed by atoms with Gasteiger partial charge < -0.3 is 20.7 Å². The van der Waals surface area contributed by atoms with Crippen LogP contribution < -0.4 is 16.0 Å². The Labute approximate surface area is 227 Å². The number of ketones is 1. The van der Waals surface area contributed by atoms with Gasteiger partial charge in [-0.15, -0.1) is 0 Å². The minimum absolute atomic E-state index is 0.143. The zero-order valence-corrected chi connectivity index (χ0v) is 23.7. The van der Waals surface area contributed by atoms with E-state index in [4.69, 9.17) is 4.74 Å². The maximum atomic E-state index is 13.4. The highest BCUT2D eigenvalue weighted by atomic mass is 16.6. The van der Waals surface area contributed by atoms with Crippen molar-refractivity contribution in [2.45, 2.75) is 116 Å². The molecule has 3 N–H and O–H groups in total. The molecule has 0 radical (unpaired) electrons. The van der Waals surface area contributed by atoms with Crippen molar-refractivity contribution in [1.29, 1.82) is 0 Å². The van der Waals surface area contributed by atoms with Crippen LogP contribution in [-0.4, -0.2) is 58.8 Å². The second-order valence-electron chi connectivity index (χ2n) is 10.9. The van der Waals surface area contributed by atoms with Crippen LogP contribution in [0.15, 0.2) is 24.5 Å². The molecule has 9 heteroatoms. The summed E-state index contributed by atoms with van der Waals surface area (Å²) in [6.45, 7) is 10.1. The van der Waals surface area contributed by atoms with Crippen molar-refractivity contribution in [3.05, 3.63) is 30.1 Å². The number of hydrogen-bond donors (Lipinski definition) is 3. The van der Waals surface area contributed by atoms with Gasteiger partial charge in [-0.25, -0.2) is 0 Å². The molecule has 1 aliphatic rings. The first-order valence-corrected chi connectivity index (χ1v) is 14.1. The molecule has 3 amide bonds. The van der Waals surface area contributed by atoms with Gasteiger partial charge in [0, 0.05) is 25.2 Å². The number of epoxide rings is 1. The molecule has 1 fully saturated rings. The van der Waals surface area contributed by atoms with Crippen LogP contribution in [0.5, 0.6) is 0 Å². The van der Waals surface area contributed by atoms with E-state index >= 15 is 0 Å². The molecule has 0 saturated carbocycles. The molecule has 0 bridgehead atoms. The van der Waals surface area contributed by atoms with E-state index < -0.39 is 35.5 Å². The van der Waals surface area contributed by atoms with E-state index in [0.717, 1.165) is 37.7 Å². The summed E-state index contributed by atoms with van der Waals surface area (Å²) < 4.78 is 5.34. The summed E-state index contributed by atoms with van der Waals surface area (Å²) in [5, 5.41) is 8.63. The normalized spacial score (nSPS) is 18.8. The van der Waals surface area contributed by atoms with Crippen molar-refractivity contribution in [2.75, 3.05) is 6.61 Å². The Morgan fingerprint density at radius 3 is 2.11 bits per heavy atom. The van der Waals surface area contributed by atoms with Crippen LogP contribution >= 0.6 is 0 Å². The highest BCUT2D eigenvalue weighted by Crippen LogP contribution is 2.29. The Morgan fingerprint density at radius 2 is 1.53 bits per heavy atom. The number of rotatable bonds is 18. The van der Waals surface area contributed by atoms with E-state index in [9.17, 15) is 19.2 Å². The molecule has 4 atom stereocenters. The van der Waals surface area contributed by atoms with Gasteiger partial charge in [-0.05, 0) is 49.8 Å². The van der Waals surface area contributed by atoms with Crippen molar-refractivity contribution in [3.63, 3.8) is 0 Å². The van der Waals surface area contributed by atoms with E-state index in [1.165, 1.54) is 0 Å². The maximum Gasteiger partial charge on any atom is 0.243 e. The number of carbonyl (C=O) groups is 4. The van der Waals surface area contributed by atoms with Gasteiger partial charge in [0.2, 0.25) is 17.7 Å². The fourth-order valence-corrected chi connectivity index (χ4v) is 4.31. The Bertz CT molecular complexity index is 917. The zero-order valence-electron chi connectivity index (χ0n) is 23.7. The van der Waals surface area contributed by atoms with Crippen molar-refractivity contribution < 1.29 is 23.9 Å². The highest BCUT2D eigenvalue weighted by Gasteiger charge is 2.50. The molecule has 1 aromatic heterocycles. The van der Waals surface area contributed by atoms with Gasteiger partial charge in [0.05, 0.1) is 12.6 Å². The summed E-state index contributed by atoms with van der Waals surface area (Å²) >= 11 is 0. The Hall–Kier alpha value is -2.81. The average Bonchev–Trinajstić information content (AvgIpc) is 3.63. The summed E-state index contributed by atoms with van der Waals surface area (Å²) in [5.74, 6) is -0.974. The van der Waals surface area contributed by atoms with Gasteiger partial charge in [0.15, 0.2) is 5.78 Å². The van der Waals surface area contributed by atoms with E-state index in [1.54, 1.807) is 31.5 Å². The number of aromatic nitrogens is 1. The van der Waals surface area contributed by atoms with E-state index in [-0.39, 0.29) is 24.0 Å². The number of hydrogen-bond acceptors (Lipinski definition) is 6. The van der Waals surface area contributed by atoms with Crippen LogP contribution in [0.1, 0.15) is 91.5 Å². The van der Waals surface area contributed by atoms with Crippen molar-refractivity contribution in [2.24, 2.45) is 5.92 Å². The predicted molar refractivity (Wildman–Crippen MR) is 146 cm³/mol. The Morgan fingerprint density at radius 1 is 0.921 bits per heavy atom. The Balaban J connectivity index is 2.16. The van der Waals surface area contributed by atoms with Crippen LogP contribution in [0.25, 0.3) is 0 Å². The second-order valence-corrected chi connectivity index (χ2v) is 10.9. The third-order valence-electron chi connectivity index (χ3n) is 6.77. The quantitative estimate of drug-likeness (QED) is 0.197. The van der Waals surface area contributed by atoms with Crippen LogP contribution in [-0.2, 0) is 30.3 Å². The standard InChI is InChI=1S/C29H46N4O5/c1-6-8-10-12-25(34)31-24(18-21-13-15-30-16-14-21)28(37)32-22(11-9-7-2)27(36)33-23(17-20(3)4)26(35)29(5)19-38-29/h13-16,20,22-24H,6-12,17-19H2,1-5H3,(H,31,34)(H,32,37)(H,33,36)/t22-,23-,24+,29+/m0/s1. The van der Waals surface area contributed by atoms with Crippen LogP contribution in [0.4, 0.5) is 0 Å². The third-order valence-corrected chi connectivity index (χ3v) is 6.77. The molecule has 0 aromatic carbocycles. The molecule has 1 aromatic rings. The summed E-state index contributed by atoms with van der Waals surface area (Å²) in [4.78, 5) is 56.5. The van der Waals surface area contributed by atoms with E-state index in [0.29, 0.717) is 25.9 Å². The van der Waals surface area contributed by atoms with Crippen molar-refractivity contribution in [3.8, 4) is 0 Å². The largest absolute Gasteiger partial charge is 0.361 e. The molecule has 212 valence electrons. The highest BCUT2D eigenvalue weighted by molar-refractivity contribution is 5.98. The first kappa shape index (κ1) is 31.4. The number of nitrogens with zero attached hydrogens (tertiary/aromatic N) is 1. The molecule has 0 aliphatic carbocycles. The third kappa shape index (κ3) is 10.5. The summed E-state index contributed by atoms with van der Waals surface area (Å²) in [6.07, 6.45) is 9.06. The van der Waals surface area contributed by atoms with E-state index in [2.05, 4.69) is 27.9 Å². The molecule has 2 heterocycles. The van der Waals surface area contributed by atoms with Gasteiger partial charge in [0.1, 0.15) is 17.7 Å². The molecule has 0 spiro atoms. The van der Waals surface area contributed by atoms with Gasteiger partial charge in [-0.2, -0.15) is 0 Å². The van der Waals surface area contributed by atoms with Gasteiger partial charge in [-0.3, -0.25) is 24.2 Å². The van der Waals surface area contributed by atoms with Crippen LogP contribution in [0, 0.1) is 5.92 Å². The second kappa shape index (κ2) is 15.6. The lowest BCUT2D eigenvalue weighted by atomic mass is 9.93. The molecule has 1 saturated heterocycles. The first-order valence-electron chi connectivity index (χ1n) is 14.1. The zero-order chi connectivity index (χ0) is 28.1. The topological polar surface area (TPSA) is 130 Å². The summed E-state index contributed by atoms with van der Waals surface area (Å²) in [5.41, 5.74) is -0.00369. The van der Waals surface area contributed by atoms with Crippen molar-refractivity contribution in [1.82, 2.24) is 20.9 Å². The number of nitrogens with one attached hydrogen (secondary N) is 3. The lowest BCUT2D eigenvalue weighted by Crippen LogP contribution is -2.57. The summed E-state index contributed by atoms with van der Waals surface area (Å²) in [6, 6.07) is 1.24. The number of carbonyl (C=O) groups excluding carboxylic acids is 4. The lowest BCUT2D eigenvalue weighted by molar-refractivity contribution is -0.134. The Kier molecular flexibility index (Phi) is 12.9. The summed E-state index contributed by atoms with van der Waals surface area (Å²) in [7, 11) is 0. The molecule has 38 heavy (non-hydrogen) atoms. The molecule has 0 unspecified atom stereocenters. The first-order chi connectivity index (χ1) is 18.1. The average molecular weight is 531 g/mol. The smallest absolute Gasteiger partial charge is 0.243 e. The molecular formula is C29H46N4O5. The predicted octanol–water partition coefficient (Wildman–Crippen LogP) is 3.25. The molecular weight excluding hydrogens is 484 g/mol. The molecule has 9 nitrogen and oxygen atoms in total. The number of ether oxygens (including phenoxy) is 1. The molecule has 2 rings (SSSR count).